The average Bonchev–Trinajstić information content (AvgIpc) is 2.76. The van der Waals surface area contributed by atoms with Crippen LogP contribution in [0, 0.1) is 0 Å². The predicted octanol–water partition coefficient (Wildman–Crippen LogP) is 1.89. The second-order valence-electron chi connectivity index (χ2n) is 3.59. The molecule has 0 saturated carbocycles. The molecule has 0 fully saturated rings. The van der Waals surface area contributed by atoms with Gasteiger partial charge in [0.15, 0.2) is 0 Å². The van der Waals surface area contributed by atoms with Crippen molar-refractivity contribution in [3.8, 4) is 0 Å². The molecule has 2 heterocycles. The van der Waals surface area contributed by atoms with E-state index in [-0.39, 0.29) is 5.13 Å². The Hall–Kier alpha value is -1.15. The Kier molecular flexibility index (Phi) is 3.63. The molecule has 2 N–H and O–H groups in total. The van der Waals surface area contributed by atoms with E-state index in [1.165, 1.54) is 5.57 Å². The summed E-state index contributed by atoms with van der Waals surface area (Å²) in [6, 6.07) is 0. The Morgan fingerprint density at radius 2 is 2.29 bits per heavy atom. The topological polar surface area (TPSA) is 49.8 Å². The maximum absolute atomic E-state index is 12.2. The molecule has 1 aromatic rings. The zero-order valence-corrected chi connectivity index (χ0v) is 9.66. The number of rotatable bonds is 3. The first-order valence-electron chi connectivity index (χ1n) is 5.09. The normalized spacial score (nSPS) is 16.8. The van der Waals surface area contributed by atoms with Gasteiger partial charge in [-0.05, 0) is 13.0 Å². The third-order valence-corrected chi connectivity index (χ3v) is 2.98. The molecule has 0 unspecified atom stereocenters. The van der Waals surface area contributed by atoms with Crippen LogP contribution in [-0.2, 0) is 6.18 Å². The minimum absolute atomic E-state index is 0.205. The molecule has 0 saturated heterocycles. The van der Waals surface area contributed by atoms with Gasteiger partial charge in [-0.3, -0.25) is 0 Å². The lowest BCUT2D eigenvalue weighted by Crippen LogP contribution is -2.23. The number of aromatic nitrogens is 2. The van der Waals surface area contributed by atoms with Crippen molar-refractivity contribution in [1.29, 1.82) is 0 Å². The maximum Gasteiger partial charge on any atom is 0.452 e. The van der Waals surface area contributed by atoms with Crippen molar-refractivity contribution in [2.24, 2.45) is 0 Å². The SMILES string of the molecule is FC(F)(F)c1nsc(NCC2=CCNCC2)n1. The Morgan fingerprint density at radius 3 is 2.88 bits per heavy atom. The monoisotopic (exact) mass is 264 g/mol. The van der Waals surface area contributed by atoms with Crippen LogP contribution in [0.4, 0.5) is 18.3 Å². The van der Waals surface area contributed by atoms with Gasteiger partial charge in [0.2, 0.25) is 11.0 Å². The number of alkyl halides is 3. The van der Waals surface area contributed by atoms with Crippen LogP contribution < -0.4 is 10.6 Å². The lowest BCUT2D eigenvalue weighted by atomic mass is 10.1. The second-order valence-corrected chi connectivity index (χ2v) is 4.34. The molecule has 0 amide bonds. The van der Waals surface area contributed by atoms with E-state index < -0.39 is 12.0 Å². The van der Waals surface area contributed by atoms with E-state index in [2.05, 4.69) is 20.0 Å². The van der Waals surface area contributed by atoms with E-state index in [1.807, 2.05) is 6.08 Å². The van der Waals surface area contributed by atoms with Crippen LogP contribution in [0.25, 0.3) is 0 Å². The molecule has 94 valence electrons. The largest absolute Gasteiger partial charge is 0.452 e. The van der Waals surface area contributed by atoms with Crippen molar-refractivity contribution < 1.29 is 13.2 Å². The van der Waals surface area contributed by atoms with Gasteiger partial charge in [-0.2, -0.15) is 22.5 Å². The third kappa shape index (κ3) is 3.40. The summed E-state index contributed by atoms with van der Waals surface area (Å²) in [7, 11) is 0. The first-order valence-corrected chi connectivity index (χ1v) is 5.86. The number of halogens is 3. The van der Waals surface area contributed by atoms with Crippen molar-refractivity contribution >= 4 is 16.7 Å². The highest BCUT2D eigenvalue weighted by atomic mass is 32.1. The third-order valence-electron chi connectivity index (χ3n) is 2.30. The molecule has 0 spiro atoms. The lowest BCUT2D eigenvalue weighted by Gasteiger charge is -2.13. The predicted molar refractivity (Wildman–Crippen MR) is 59.0 cm³/mol. The highest BCUT2D eigenvalue weighted by Crippen LogP contribution is 2.28. The van der Waals surface area contributed by atoms with Crippen molar-refractivity contribution in [2.45, 2.75) is 12.6 Å². The van der Waals surface area contributed by atoms with Crippen LogP contribution in [0.3, 0.4) is 0 Å². The second kappa shape index (κ2) is 5.01. The fraction of sp³-hybridized carbons (Fsp3) is 0.556. The summed E-state index contributed by atoms with van der Waals surface area (Å²) in [6.07, 6.45) is -1.54. The molecular weight excluding hydrogens is 253 g/mol. The van der Waals surface area contributed by atoms with Gasteiger partial charge in [-0.1, -0.05) is 11.6 Å². The number of nitrogens with zero attached hydrogens (tertiary/aromatic N) is 2. The zero-order chi connectivity index (χ0) is 12.3. The van der Waals surface area contributed by atoms with E-state index in [0.717, 1.165) is 31.0 Å². The molecule has 8 heteroatoms. The summed E-state index contributed by atoms with van der Waals surface area (Å²) < 4.78 is 40.0. The molecule has 0 aliphatic carbocycles. The summed E-state index contributed by atoms with van der Waals surface area (Å²) >= 11 is 0.730. The molecule has 4 nitrogen and oxygen atoms in total. The summed E-state index contributed by atoms with van der Waals surface area (Å²) in [5, 5.41) is 6.22. The van der Waals surface area contributed by atoms with Crippen molar-refractivity contribution in [1.82, 2.24) is 14.7 Å². The van der Waals surface area contributed by atoms with Crippen LogP contribution in [0.5, 0.6) is 0 Å². The molecule has 2 rings (SSSR count). The summed E-state index contributed by atoms with van der Waals surface area (Å²) in [5.41, 5.74) is 1.17. The van der Waals surface area contributed by atoms with E-state index in [9.17, 15) is 13.2 Å². The Bertz CT molecular complexity index is 413. The quantitative estimate of drug-likeness (QED) is 0.819. The van der Waals surface area contributed by atoms with E-state index in [1.54, 1.807) is 0 Å². The van der Waals surface area contributed by atoms with Gasteiger partial charge < -0.3 is 10.6 Å². The number of nitrogens with one attached hydrogen (secondary N) is 2. The highest BCUT2D eigenvalue weighted by Gasteiger charge is 2.36. The first kappa shape index (κ1) is 12.3. The summed E-state index contributed by atoms with van der Waals surface area (Å²) in [5.74, 6) is -1.08. The fourth-order valence-corrected chi connectivity index (χ4v) is 2.01. The lowest BCUT2D eigenvalue weighted by molar-refractivity contribution is -0.144. The van der Waals surface area contributed by atoms with Gasteiger partial charge >= 0.3 is 6.18 Å². The minimum atomic E-state index is -4.47. The molecule has 0 radical (unpaired) electrons. The van der Waals surface area contributed by atoms with Crippen molar-refractivity contribution in [3.05, 3.63) is 17.5 Å². The molecule has 1 aliphatic rings. The van der Waals surface area contributed by atoms with Crippen molar-refractivity contribution in [3.63, 3.8) is 0 Å². The van der Waals surface area contributed by atoms with Gasteiger partial charge in [0.25, 0.3) is 0 Å². The van der Waals surface area contributed by atoms with Gasteiger partial charge in [-0.15, -0.1) is 0 Å². The smallest absolute Gasteiger partial charge is 0.357 e. The van der Waals surface area contributed by atoms with Gasteiger partial charge in [0.1, 0.15) is 0 Å². The molecule has 1 aliphatic heterocycles. The van der Waals surface area contributed by atoms with E-state index in [0.29, 0.717) is 6.54 Å². The number of hydrogen-bond donors (Lipinski definition) is 2. The first-order chi connectivity index (χ1) is 8.05. The summed E-state index contributed by atoms with van der Waals surface area (Å²) in [6.45, 7) is 2.23. The number of hydrogen-bond acceptors (Lipinski definition) is 5. The average molecular weight is 264 g/mol. The molecule has 17 heavy (non-hydrogen) atoms. The number of anilines is 1. The van der Waals surface area contributed by atoms with Gasteiger partial charge in [0, 0.05) is 24.6 Å². The minimum Gasteiger partial charge on any atom is -0.357 e. The maximum atomic E-state index is 12.2. The van der Waals surface area contributed by atoms with Crippen LogP contribution in [-0.4, -0.2) is 29.0 Å². The van der Waals surface area contributed by atoms with Crippen LogP contribution in [0.1, 0.15) is 12.2 Å². The molecule has 0 bridgehead atoms. The van der Waals surface area contributed by atoms with E-state index in [4.69, 9.17) is 0 Å². The molecular formula is C9H11F3N4S. The Labute approximate surface area is 100 Å². The highest BCUT2D eigenvalue weighted by molar-refractivity contribution is 7.09. The molecule has 0 atom stereocenters. The Morgan fingerprint density at radius 1 is 1.47 bits per heavy atom. The van der Waals surface area contributed by atoms with E-state index >= 15 is 0 Å². The van der Waals surface area contributed by atoms with Gasteiger partial charge in [-0.25, -0.2) is 0 Å². The van der Waals surface area contributed by atoms with Crippen LogP contribution in [0.15, 0.2) is 11.6 Å². The molecule has 1 aromatic heterocycles. The van der Waals surface area contributed by atoms with Crippen LogP contribution >= 0.6 is 11.5 Å². The van der Waals surface area contributed by atoms with Crippen molar-refractivity contribution in [2.75, 3.05) is 25.0 Å². The van der Waals surface area contributed by atoms with Crippen LogP contribution in [0.2, 0.25) is 0 Å². The standard InChI is InChI=1S/C9H11F3N4S/c10-9(11,12)7-15-8(17-16-7)14-5-6-1-3-13-4-2-6/h1,13H,2-5H2,(H,14,15,16). The van der Waals surface area contributed by atoms with Gasteiger partial charge in [0.05, 0.1) is 0 Å². The zero-order valence-electron chi connectivity index (χ0n) is 8.84. The Balaban J connectivity index is 1.91. The molecule has 0 aromatic carbocycles. The fourth-order valence-electron chi connectivity index (χ4n) is 1.43. The summed E-state index contributed by atoms with van der Waals surface area (Å²) in [4.78, 5) is 3.39.